The molecule has 0 spiro atoms. The number of hydrogen-bond acceptors (Lipinski definition) is 5. The molecule has 138 valence electrons. The third kappa shape index (κ3) is 5.12. The number of phenolic OH excluding ortho intramolecular Hbond substituents is 1. The molecule has 5 nitrogen and oxygen atoms in total. The number of amides is 1. The zero-order valence-electron chi connectivity index (χ0n) is 14.4. The lowest BCUT2D eigenvalue weighted by atomic mass is 10.2. The maximum atomic E-state index is 12.4. The predicted octanol–water partition coefficient (Wildman–Crippen LogP) is 4.43. The standard InChI is InChI=1S/C20H18N2O3S2/c23-16-10-8-15(9-11-16)21-18(24)7-4-12-22-19(25)13-17(27-20(22)26)14-5-2-1-3-6-14/h1-3,5-6,8-11,13,23H,4,7,12H2,(H,21,24). The van der Waals surface area contributed by atoms with Crippen LogP contribution in [0, 0.1) is 3.95 Å². The van der Waals surface area contributed by atoms with Gasteiger partial charge in [-0.25, -0.2) is 0 Å². The monoisotopic (exact) mass is 398 g/mol. The van der Waals surface area contributed by atoms with Crippen molar-refractivity contribution in [1.82, 2.24) is 4.57 Å². The minimum absolute atomic E-state index is 0.144. The van der Waals surface area contributed by atoms with Crippen LogP contribution in [0.3, 0.4) is 0 Å². The highest BCUT2D eigenvalue weighted by atomic mass is 32.1. The molecular weight excluding hydrogens is 380 g/mol. The van der Waals surface area contributed by atoms with E-state index in [-0.39, 0.29) is 23.6 Å². The molecule has 0 saturated carbocycles. The van der Waals surface area contributed by atoms with E-state index in [9.17, 15) is 14.7 Å². The number of carbonyl (C=O) groups is 1. The van der Waals surface area contributed by atoms with Gasteiger partial charge in [0.1, 0.15) is 5.75 Å². The van der Waals surface area contributed by atoms with Crippen LogP contribution in [0.15, 0.2) is 65.5 Å². The summed E-state index contributed by atoms with van der Waals surface area (Å²) in [5.41, 5.74) is 1.43. The van der Waals surface area contributed by atoms with E-state index in [4.69, 9.17) is 12.2 Å². The van der Waals surface area contributed by atoms with Crippen LogP contribution in [0.1, 0.15) is 12.8 Å². The molecule has 2 N–H and O–H groups in total. The predicted molar refractivity (Wildman–Crippen MR) is 111 cm³/mol. The van der Waals surface area contributed by atoms with Crippen molar-refractivity contribution < 1.29 is 9.90 Å². The van der Waals surface area contributed by atoms with Gasteiger partial charge in [-0.05, 0) is 48.5 Å². The molecule has 7 heteroatoms. The molecule has 0 aliphatic carbocycles. The molecule has 1 aromatic heterocycles. The summed E-state index contributed by atoms with van der Waals surface area (Å²) in [6.07, 6.45) is 0.776. The average Bonchev–Trinajstić information content (AvgIpc) is 2.66. The zero-order chi connectivity index (χ0) is 19.2. The highest BCUT2D eigenvalue weighted by Gasteiger charge is 2.07. The minimum atomic E-state index is -0.156. The Labute approximate surface area is 165 Å². The number of aromatic nitrogens is 1. The van der Waals surface area contributed by atoms with Crippen molar-refractivity contribution in [3.05, 3.63) is 75.0 Å². The number of phenols is 1. The van der Waals surface area contributed by atoms with E-state index in [0.29, 0.717) is 22.6 Å². The van der Waals surface area contributed by atoms with Gasteiger partial charge >= 0.3 is 0 Å². The van der Waals surface area contributed by atoms with Gasteiger partial charge in [-0.15, -0.1) is 11.3 Å². The van der Waals surface area contributed by atoms with E-state index in [1.165, 1.54) is 28.0 Å². The van der Waals surface area contributed by atoms with Gasteiger partial charge < -0.3 is 10.4 Å². The molecule has 3 aromatic rings. The maximum absolute atomic E-state index is 12.4. The van der Waals surface area contributed by atoms with Crippen LogP contribution in [-0.4, -0.2) is 15.6 Å². The molecule has 0 saturated heterocycles. The third-order valence-corrected chi connectivity index (χ3v) is 5.37. The Kier molecular flexibility index (Phi) is 6.16. The van der Waals surface area contributed by atoms with E-state index in [1.54, 1.807) is 18.2 Å². The molecule has 2 aromatic carbocycles. The third-order valence-electron chi connectivity index (χ3n) is 3.93. The lowest BCUT2D eigenvalue weighted by Crippen LogP contribution is -2.20. The molecule has 0 bridgehead atoms. The van der Waals surface area contributed by atoms with Crippen LogP contribution in [0.5, 0.6) is 5.75 Å². The average molecular weight is 399 g/mol. The Bertz CT molecular complexity index is 1010. The first-order valence-corrected chi connectivity index (χ1v) is 9.65. The molecule has 0 atom stereocenters. The van der Waals surface area contributed by atoms with E-state index in [2.05, 4.69) is 5.32 Å². The van der Waals surface area contributed by atoms with Gasteiger partial charge in [0.2, 0.25) is 5.91 Å². The Morgan fingerprint density at radius 1 is 1.11 bits per heavy atom. The van der Waals surface area contributed by atoms with Gasteiger partial charge in [0.05, 0.1) is 0 Å². The van der Waals surface area contributed by atoms with E-state index < -0.39 is 0 Å². The van der Waals surface area contributed by atoms with Crippen molar-refractivity contribution in [3.63, 3.8) is 0 Å². The zero-order valence-corrected chi connectivity index (χ0v) is 16.1. The molecular formula is C20H18N2O3S2. The Morgan fingerprint density at radius 2 is 1.81 bits per heavy atom. The normalized spacial score (nSPS) is 10.5. The molecule has 3 rings (SSSR count). The number of carbonyl (C=O) groups excluding carboxylic acids is 1. The highest BCUT2D eigenvalue weighted by molar-refractivity contribution is 7.73. The fourth-order valence-electron chi connectivity index (χ4n) is 2.57. The number of anilines is 1. The van der Waals surface area contributed by atoms with Crippen molar-refractivity contribution in [1.29, 1.82) is 0 Å². The van der Waals surface area contributed by atoms with Gasteiger partial charge in [-0.3, -0.25) is 14.2 Å². The fourth-order valence-corrected chi connectivity index (χ4v) is 3.91. The van der Waals surface area contributed by atoms with Crippen molar-refractivity contribution >= 4 is 35.1 Å². The van der Waals surface area contributed by atoms with Crippen molar-refractivity contribution in [2.45, 2.75) is 19.4 Å². The van der Waals surface area contributed by atoms with Crippen molar-refractivity contribution in [2.75, 3.05) is 5.32 Å². The number of aromatic hydroxyl groups is 1. The van der Waals surface area contributed by atoms with Crippen LogP contribution < -0.4 is 10.9 Å². The van der Waals surface area contributed by atoms with Crippen molar-refractivity contribution in [3.8, 4) is 16.2 Å². The Morgan fingerprint density at radius 3 is 2.48 bits per heavy atom. The van der Waals surface area contributed by atoms with Crippen LogP contribution >= 0.6 is 23.6 Å². The van der Waals surface area contributed by atoms with E-state index in [1.807, 2.05) is 30.3 Å². The molecule has 27 heavy (non-hydrogen) atoms. The summed E-state index contributed by atoms with van der Waals surface area (Å²) < 4.78 is 2.03. The summed E-state index contributed by atoms with van der Waals surface area (Å²) in [5.74, 6) is -0.00483. The lowest BCUT2D eigenvalue weighted by molar-refractivity contribution is -0.116. The summed E-state index contributed by atoms with van der Waals surface area (Å²) in [6, 6.07) is 17.5. The molecule has 0 aliphatic rings. The second kappa shape index (κ2) is 8.75. The Hall–Kier alpha value is -2.77. The van der Waals surface area contributed by atoms with Gasteiger partial charge in [0.25, 0.3) is 5.56 Å². The summed E-state index contributed by atoms with van der Waals surface area (Å²) in [4.78, 5) is 25.3. The maximum Gasteiger partial charge on any atom is 0.253 e. The number of hydrogen-bond donors (Lipinski definition) is 2. The molecule has 0 aliphatic heterocycles. The lowest BCUT2D eigenvalue weighted by Gasteiger charge is -2.08. The molecule has 0 radical (unpaired) electrons. The van der Waals surface area contributed by atoms with Gasteiger partial charge in [0, 0.05) is 29.6 Å². The second-order valence-electron chi connectivity index (χ2n) is 5.93. The highest BCUT2D eigenvalue weighted by Crippen LogP contribution is 2.22. The van der Waals surface area contributed by atoms with Gasteiger partial charge in [-0.2, -0.15) is 0 Å². The largest absolute Gasteiger partial charge is 0.508 e. The summed E-state index contributed by atoms with van der Waals surface area (Å²) in [5, 5.41) is 12.0. The molecule has 1 amide bonds. The summed E-state index contributed by atoms with van der Waals surface area (Å²) in [6.45, 7) is 0.395. The SMILES string of the molecule is O=C(CCCn1c(=O)cc(-c2ccccc2)sc1=S)Nc1ccc(O)cc1. The van der Waals surface area contributed by atoms with Crippen LogP contribution in [-0.2, 0) is 11.3 Å². The first-order valence-electron chi connectivity index (χ1n) is 8.42. The van der Waals surface area contributed by atoms with E-state index in [0.717, 1.165) is 10.4 Å². The first-order chi connectivity index (χ1) is 13.0. The second-order valence-corrected chi connectivity index (χ2v) is 7.61. The summed E-state index contributed by atoms with van der Waals surface area (Å²) in [7, 11) is 0. The number of nitrogens with one attached hydrogen (secondary N) is 1. The molecule has 0 fully saturated rings. The van der Waals surface area contributed by atoms with Crippen LogP contribution in [0.4, 0.5) is 5.69 Å². The number of benzene rings is 2. The van der Waals surface area contributed by atoms with Crippen LogP contribution in [0.2, 0.25) is 0 Å². The topological polar surface area (TPSA) is 71.3 Å². The molecule has 1 heterocycles. The van der Waals surface area contributed by atoms with E-state index >= 15 is 0 Å². The fraction of sp³-hybridized carbons (Fsp3) is 0.150. The number of rotatable bonds is 6. The van der Waals surface area contributed by atoms with Crippen molar-refractivity contribution in [2.24, 2.45) is 0 Å². The van der Waals surface area contributed by atoms with Gasteiger partial charge in [0.15, 0.2) is 3.95 Å². The Balaban J connectivity index is 1.61. The molecule has 0 unspecified atom stereocenters. The minimum Gasteiger partial charge on any atom is -0.508 e. The quantitative estimate of drug-likeness (QED) is 0.476. The van der Waals surface area contributed by atoms with Crippen LogP contribution in [0.25, 0.3) is 10.4 Å². The smallest absolute Gasteiger partial charge is 0.253 e. The number of nitrogens with zero attached hydrogens (tertiary/aromatic N) is 1. The first kappa shape index (κ1) is 19.0. The summed E-state index contributed by atoms with van der Waals surface area (Å²) >= 11 is 6.77. The van der Waals surface area contributed by atoms with Gasteiger partial charge in [-0.1, -0.05) is 30.3 Å².